The summed E-state index contributed by atoms with van der Waals surface area (Å²) < 4.78 is 6.76. The second kappa shape index (κ2) is 9.56. The van der Waals surface area contributed by atoms with Crippen molar-refractivity contribution < 1.29 is 24.5 Å². The normalized spacial score (nSPS) is 9.47. The first-order valence-electron chi connectivity index (χ1n) is 5.32. The average molecular weight is 381 g/mol. The van der Waals surface area contributed by atoms with Gasteiger partial charge in [-0.05, 0) is 61.0 Å². The number of rotatable bonds is 4. The zero-order valence-electron chi connectivity index (χ0n) is 10.7. The van der Waals surface area contributed by atoms with Gasteiger partial charge >= 0.3 is 11.9 Å². The van der Waals surface area contributed by atoms with Gasteiger partial charge in [0.2, 0.25) is 0 Å². The standard InChI is InChI=1S/C10H14INO.C2H2O4/c1-12(2)7-8-13-10-5-3-9(11)4-6-10;3-1(4)2(5)6/h3-6H,7-8H2,1-2H3;(H,3,4)(H,5,6). The van der Waals surface area contributed by atoms with Crippen LogP contribution in [0.2, 0.25) is 0 Å². The number of carbonyl (C=O) groups is 2. The zero-order chi connectivity index (χ0) is 14.8. The third-order valence-electron chi connectivity index (χ3n) is 1.80. The minimum absolute atomic E-state index is 0.744. The van der Waals surface area contributed by atoms with E-state index < -0.39 is 11.9 Å². The van der Waals surface area contributed by atoms with Crippen LogP contribution >= 0.6 is 22.6 Å². The molecule has 0 saturated heterocycles. The van der Waals surface area contributed by atoms with Crippen molar-refractivity contribution >= 4 is 34.5 Å². The first-order chi connectivity index (χ1) is 8.82. The smallest absolute Gasteiger partial charge is 0.414 e. The van der Waals surface area contributed by atoms with Crippen molar-refractivity contribution in [3.8, 4) is 5.75 Å². The summed E-state index contributed by atoms with van der Waals surface area (Å²) in [7, 11) is 4.08. The number of nitrogens with zero attached hydrogens (tertiary/aromatic N) is 1. The van der Waals surface area contributed by atoms with Crippen LogP contribution in [0.5, 0.6) is 5.75 Å². The highest BCUT2D eigenvalue weighted by atomic mass is 127. The third-order valence-corrected chi connectivity index (χ3v) is 2.52. The number of carboxylic acid groups (broad SMARTS) is 2. The van der Waals surface area contributed by atoms with E-state index in [0.29, 0.717) is 0 Å². The monoisotopic (exact) mass is 381 g/mol. The maximum Gasteiger partial charge on any atom is 0.414 e. The molecule has 0 fully saturated rings. The van der Waals surface area contributed by atoms with Crippen LogP contribution in [0.1, 0.15) is 0 Å². The molecule has 0 bridgehead atoms. The van der Waals surface area contributed by atoms with E-state index in [4.69, 9.17) is 24.5 Å². The Morgan fingerprint density at radius 1 is 1.16 bits per heavy atom. The molecule has 0 aliphatic carbocycles. The van der Waals surface area contributed by atoms with Gasteiger partial charge in [0.15, 0.2) is 0 Å². The molecule has 0 spiro atoms. The van der Waals surface area contributed by atoms with E-state index >= 15 is 0 Å². The van der Waals surface area contributed by atoms with Crippen molar-refractivity contribution in [3.05, 3.63) is 27.8 Å². The highest BCUT2D eigenvalue weighted by molar-refractivity contribution is 14.1. The molecule has 0 unspecified atom stereocenters. The predicted octanol–water partition coefficient (Wildman–Crippen LogP) is 1.39. The topological polar surface area (TPSA) is 87.1 Å². The lowest BCUT2D eigenvalue weighted by Crippen LogP contribution is -2.19. The van der Waals surface area contributed by atoms with Gasteiger partial charge in [-0.3, -0.25) is 0 Å². The lowest BCUT2D eigenvalue weighted by Gasteiger charge is -2.10. The summed E-state index contributed by atoms with van der Waals surface area (Å²) >= 11 is 2.28. The van der Waals surface area contributed by atoms with Crippen LogP contribution in [0.25, 0.3) is 0 Å². The zero-order valence-corrected chi connectivity index (χ0v) is 12.8. The van der Waals surface area contributed by atoms with E-state index in [-0.39, 0.29) is 0 Å². The number of carboxylic acids is 2. The van der Waals surface area contributed by atoms with Crippen LogP contribution in [0.4, 0.5) is 0 Å². The molecular weight excluding hydrogens is 365 g/mol. The molecule has 19 heavy (non-hydrogen) atoms. The van der Waals surface area contributed by atoms with E-state index in [1.165, 1.54) is 3.57 Å². The SMILES string of the molecule is CN(C)CCOc1ccc(I)cc1.O=C(O)C(=O)O. The second-order valence-electron chi connectivity index (χ2n) is 3.72. The molecule has 106 valence electrons. The van der Waals surface area contributed by atoms with Gasteiger partial charge < -0.3 is 19.8 Å². The van der Waals surface area contributed by atoms with Gasteiger partial charge in [-0.25, -0.2) is 9.59 Å². The fourth-order valence-corrected chi connectivity index (χ4v) is 1.24. The summed E-state index contributed by atoms with van der Waals surface area (Å²) in [6.07, 6.45) is 0. The lowest BCUT2D eigenvalue weighted by molar-refractivity contribution is -0.159. The Hall–Kier alpha value is -1.35. The summed E-state index contributed by atoms with van der Waals surface area (Å²) in [5.74, 6) is -2.70. The van der Waals surface area contributed by atoms with Crippen LogP contribution in [-0.4, -0.2) is 54.3 Å². The maximum atomic E-state index is 9.10. The first kappa shape index (κ1) is 17.6. The fraction of sp³-hybridized carbons (Fsp3) is 0.333. The Kier molecular flexibility index (Phi) is 8.88. The van der Waals surface area contributed by atoms with Crippen LogP contribution in [-0.2, 0) is 9.59 Å². The summed E-state index contributed by atoms with van der Waals surface area (Å²) in [4.78, 5) is 20.3. The highest BCUT2D eigenvalue weighted by Crippen LogP contribution is 2.13. The molecule has 2 N–H and O–H groups in total. The molecule has 7 heteroatoms. The molecular formula is C12H16INO5. The summed E-state index contributed by atoms with van der Waals surface area (Å²) in [6.45, 7) is 1.69. The number of halogens is 1. The number of benzene rings is 1. The van der Waals surface area contributed by atoms with Gasteiger partial charge in [0.1, 0.15) is 12.4 Å². The molecule has 6 nitrogen and oxygen atoms in total. The van der Waals surface area contributed by atoms with Gasteiger partial charge in [-0.1, -0.05) is 0 Å². The van der Waals surface area contributed by atoms with Crippen molar-refractivity contribution in [2.24, 2.45) is 0 Å². The quantitative estimate of drug-likeness (QED) is 0.606. The largest absolute Gasteiger partial charge is 0.492 e. The molecule has 0 aliphatic heterocycles. The molecule has 1 aromatic carbocycles. The van der Waals surface area contributed by atoms with Gasteiger partial charge in [0.25, 0.3) is 0 Å². The Labute approximate surface area is 125 Å². The molecule has 0 amide bonds. The molecule has 0 atom stereocenters. The highest BCUT2D eigenvalue weighted by Gasteiger charge is 2.04. The second-order valence-corrected chi connectivity index (χ2v) is 4.96. The molecule has 0 heterocycles. The van der Waals surface area contributed by atoms with Crippen molar-refractivity contribution in [2.75, 3.05) is 27.2 Å². The third kappa shape index (κ3) is 10.3. The predicted molar refractivity (Wildman–Crippen MR) is 78.5 cm³/mol. The Morgan fingerprint density at radius 2 is 1.63 bits per heavy atom. The van der Waals surface area contributed by atoms with Crippen LogP contribution in [0.3, 0.4) is 0 Å². The Bertz CT molecular complexity index is 393. The molecule has 0 aromatic heterocycles. The van der Waals surface area contributed by atoms with Crippen LogP contribution in [0.15, 0.2) is 24.3 Å². The van der Waals surface area contributed by atoms with E-state index in [1.807, 2.05) is 38.4 Å². The molecule has 1 rings (SSSR count). The average Bonchev–Trinajstić information content (AvgIpc) is 2.32. The number of likely N-dealkylation sites (N-methyl/N-ethyl adjacent to an activating group) is 1. The number of hydrogen-bond acceptors (Lipinski definition) is 4. The number of aliphatic carboxylic acids is 2. The number of ether oxygens (including phenoxy) is 1. The van der Waals surface area contributed by atoms with Crippen LogP contribution < -0.4 is 4.74 Å². The van der Waals surface area contributed by atoms with Gasteiger partial charge in [0.05, 0.1) is 0 Å². The van der Waals surface area contributed by atoms with Crippen molar-refractivity contribution in [2.45, 2.75) is 0 Å². The van der Waals surface area contributed by atoms with E-state index in [0.717, 1.165) is 18.9 Å². The van der Waals surface area contributed by atoms with Gasteiger partial charge in [-0.2, -0.15) is 0 Å². The number of hydrogen-bond donors (Lipinski definition) is 2. The molecule has 0 aliphatic rings. The van der Waals surface area contributed by atoms with Gasteiger partial charge in [0, 0.05) is 10.1 Å². The summed E-state index contributed by atoms with van der Waals surface area (Å²) in [6, 6.07) is 8.09. The van der Waals surface area contributed by atoms with Crippen molar-refractivity contribution in [1.82, 2.24) is 4.90 Å². The minimum Gasteiger partial charge on any atom is -0.492 e. The van der Waals surface area contributed by atoms with Crippen molar-refractivity contribution in [3.63, 3.8) is 0 Å². The molecule has 0 radical (unpaired) electrons. The minimum atomic E-state index is -1.82. The summed E-state index contributed by atoms with van der Waals surface area (Å²) in [5, 5.41) is 14.8. The van der Waals surface area contributed by atoms with Gasteiger partial charge in [-0.15, -0.1) is 0 Å². The van der Waals surface area contributed by atoms with E-state index in [1.54, 1.807) is 0 Å². The van der Waals surface area contributed by atoms with E-state index in [2.05, 4.69) is 27.5 Å². The Morgan fingerprint density at radius 3 is 2.00 bits per heavy atom. The maximum absolute atomic E-state index is 9.10. The van der Waals surface area contributed by atoms with Crippen molar-refractivity contribution in [1.29, 1.82) is 0 Å². The summed E-state index contributed by atoms with van der Waals surface area (Å²) in [5.41, 5.74) is 0. The Balaban J connectivity index is 0.000000459. The van der Waals surface area contributed by atoms with Crippen LogP contribution in [0, 0.1) is 3.57 Å². The molecule has 1 aromatic rings. The molecule has 0 saturated carbocycles. The first-order valence-corrected chi connectivity index (χ1v) is 6.40. The lowest BCUT2D eigenvalue weighted by atomic mass is 10.3. The van der Waals surface area contributed by atoms with E-state index in [9.17, 15) is 0 Å². The fourth-order valence-electron chi connectivity index (χ4n) is 0.877.